The number of primary amides is 1. The zero-order chi connectivity index (χ0) is 17.1. The molecule has 1 atom stereocenters. The van der Waals surface area contributed by atoms with Crippen LogP contribution in [0.3, 0.4) is 0 Å². The number of hydrogen-bond acceptors (Lipinski definition) is 5. The van der Waals surface area contributed by atoms with Crippen LogP contribution in [-0.2, 0) is 11.2 Å². The third-order valence-corrected chi connectivity index (χ3v) is 3.94. The Morgan fingerprint density at radius 1 is 1.21 bits per heavy atom. The van der Waals surface area contributed by atoms with Crippen molar-refractivity contribution in [2.45, 2.75) is 12.5 Å². The van der Waals surface area contributed by atoms with Crippen LogP contribution in [0.2, 0.25) is 0 Å². The molecule has 0 fully saturated rings. The molecule has 0 saturated carbocycles. The Labute approximate surface area is 140 Å². The van der Waals surface area contributed by atoms with E-state index in [1.54, 1.807) is 14.2 Å². The van der Waals surface area contributed by atoms with E-state index in [4.69, 9.17) is 24.7 Å². The molecule has 1 unspecified atom stereocenters. The molecule has 0 bridgehead atoms. The van der Waals surface area contributed by atoms with Gasteiger partial charge in [0.15, 0.2) is 0 Å². The first-order valence-electron chi connectivity index (χ1n) is 7.55. The van der Waals surface area contributed by atoms with E-state index in [1.807, 2.05) is 36.4 Å². The van der Waals surface area contributed by atoms with Gasteiger partial charge in [0.25, 0.3) is 0 Å². The van der Waals surface area contributed by atoms with Crippen molar-refractivity contribution in [3.8, 4) is 28.4 Å². The van der Waals surface area contributed by atoms with Crippen molar-refractivity contribution in [3.05, 3.63) is 42.0 Å². The monoisotopic (exact) mass is 329 g/mol. The maximum atomic E-state index is 10.8. The lowest BCUT2D eigenvalue weighted by molar-refractivity contribution is 0.0991. The number of fused-ring (bicyclic) bond motifs is 1. The fourth-order valence-electron chi connectivity index (χ4n) is 2.84. The van der Waals surface area contributed by atoms with Crippen LogP contribution in [0.15, 0.2) is 36.4 Å². The van der Waals surface area contributed by atoms with Crippen molar-refractivity contribution in [2.75, 3.05) is 20.8 Å². The second-order valence-corrected chi connectivity index (χ2v) is 5.43. The number of nitrogens with two attached hydrogens (primary N) is 1. The highest BCUT2D eigenvalue weighted by Gasteiger charge is 2.27. The molecule has 6 nitrogen and oxygen atoms in total. The molecule has 126 valence electrons. The summed E-state index contributed by atoms with van der Waals surface area (Å²) in [5.41, 5.74) is 7.91. The lowest BCUT2D eigenvalue weighted by Gasteiger charge is -2.15. The van der Waals surface area contributed by atoms with Crippen LogP contribution in [0.4, 0.5) is 4.79 Å². The molecule has 1 amide bonds. The van der Waals surface area contributed by atoms with E-state index >= 15 is 0 Å². The van der Waals surface area contributed by atoms with E-state index in [-0.39, 0.29) is 12.7 Å². The summed E-state index contributed by atoms with van der Waals surface area (Å²) in [6.45, 7) is 0.128. The number of amides is 1. The lowest BCUT2D eigenvalue weighted by Crippen LogP contribution is -2.25. The third kappa shape index (κ3) is 3.08. The Balaban J connectivity index is 1.93. The summed E-state index contributed by atoms with van der Waals surface area (Å²) < 4.78 is 21.6. The lowest BCUT2D eigenvalue weighted by atomic mass is 9.99. The maximum absolute atomic E-state index is 10.8. The van der Waals surface area contributed by atoms with E-state index in [9.17, 15) is 4.79 Å². The summed E-state index contributed by atoms with van der Waals surface area (Å²) in [6, 6.07) is 11.6. The molecule has 24 heavy (non-hydrogen) atoms. The number of carbonyl (C=O) groups excluding carboxylic acids is 1. The van der Waals surface area contributed by atoms with Crippen LogP contribution in [0, 0.1) is 0 Å². The van der Waals surface area contributed by atoms with Crippen LogP contribution in [0.1, 0.15) is 5.56 Å². The van der Waals surface area contributed by atoms with Gasteiger partial charge in [0.1, 0.15) is 30.0 Å². The van der Waals surface area contributed by atoms with E-state index in [2.05, 4.69) is 0 Å². The van der Waals surface area contributed by atoms with E-state index < -0.39 is 6.09 Å². The zero-order valence-corrected chi connectivity index (χ0v) is 13.6. The minimum Gasteiger partial charge on any atom is -0.497 e. The Morgan fingerprint density at radius 2 is 2.04 bits per heavy atom. The predicted octanol–water partition coefficient (Wildman–Crippen LogP) is 2.77. The van der Waals surface area contributed by atoms with E-state index in [1.165, 1.54) is 0 Å². The predicted molar refractivity (Wildman–Crippen MR) is 88.6 cm³/mol. The first kappa shape index (κ1) is 16.0. The minimum absolute atomic E-state index is 0.128. The number of para-hydroxylation sites is 1. The largest absolute Gasteiger partial charge is 0.497 e. The van der Waals surface area contributed by atoms with Gasteiger partial charge in [0.05, 0.1) is 14.2 Å². The second kappa shape index (κ2) is 6.70. The Bertz CT molecular complexity index is 759. The fraction of sp³-hybridized carbons (Fsp3) is 0.278. The Kier molecular flexibility index (Phi) is 4.46. The van der Waals surface area contributed by atoms with Crippen LogP contribution in [0.25, 0.3) is 11.1 Å². The molecular formula is C18H19NO5. The molecule has 0 saturated heterocycles. The van der Waals surface area contributed by atoms with Crippen LogP contribution in [-0.4, -0.2) is 33.0 Å². The third-order valence-electron chi connectivity index (χ3n) is 3.94. The number of rotatable bonds is 5. The number of ether oxygens (including phenoxy) is 4. The highest BCUT2D eigenvalue weighted by Crippen LogP contribution is 2.43. The standard InChI is InChI=1S/C18H19NO5/c1-21-12-6-7-14(16(9-12)22-2)15-5-3-4-11-8-13(24-17(11)15)10-23-18(19)20/h3-7,9,13H,8,10H2,1-2H3,(H2,19,20). The molecule has 3 rings (SSSR count). The molecule has 0 aromatic heterocycles. The molecular weight excluding hydrogens is 310 g/mol. The quantitative estimate of drug-likeness (QED) is 0.912. The Morgan fingerprint density at radius 3 is 2.75 bits per heavy atom. The van der Waals surface area contributed by atoms with Crippen LogP contribution in [0.5, 0.6) is 17.2 Å². The van der Waals surface area contributed by atoms with Gasteiger partial charge in [-0.3, -0.25) is 0 Å². The summed E-state index contributed by atoms with van der Waals surface area (Å²) in [7, 11) is 3.23. The van der Waals surface area contributed by atoms with Crippen molar-refractivity contribution in [1.29, 1.82) is 0 Å². The SMILES string of the molecule is COc1ccc(-c2cccc3c2OC(COC(N)=O)C3)c(OC)c1. The van der Waals surface area contributed by atoms with Gasteiger partial charge in [-0.1, -0.05) is 18.2 Å². The van der Waals surface area contributed by atoms with Gasteiger partial charge in [0.2, 0.25) is 0 Å². The van der Waals surface area contributed by atoms with Gasteiger partial charge in [-0.05, 0) is 17.7 Å². The number of methoxy groups -OCH3 is 2. The molecule has 2 N–H and O–H groups in total. The van der Waals surface area contributed by atoms with Crippen LogP contribution >= 0.6 is 0 Å². The average Bonchev–Trinajstić information content (AvgIpc) is 3.02. The highest BCUT2D eigenvalue weighted by molar-refractivity contribution is 5.78. The summed E-state index contributed by atoms with van der Waals surface area (Å²) in [5, 5.41) is 0. The molecule has 6 heteroatoms. The zero-order valence-electron chi connectivity index (χ0n) is 13.6. The molecule has 2 aromatic rings. The highest BCUT2D eigenvalue weighted by atomic mass is 16.6. The van der Waals surface area contributed by atoms with Gasteiger partial charge < -0.3 is 24.7 Å². The van der Waals surface area contributed by atoms with Gasteiger partial charge in [0, 0.05) is 23.6 Å². The summed E-state index contributed by atoms with van der Waals surface area (Å²) in [6.07, 6.45) is -0.376. The van der Waals surface area contributed by atoms with Gasteiger partial charge in [-0.25, -0.2) is 4.79 Å². The molecule has 1 aliphatic heterocycles. The summed E-state index contributed by atoms with van der Waals surface area (Å²) >= 11 is 0. The summed E-state index contributed by atoms with van der Waals surface area (Å²) in [4.78, 5) is 10.8. The normalized spacial score (nSPS) is 15.3. The maximum Gasteiger partial charge on any atom is 0.404 e. The summed E-state index contributed by atoms with van der Waals surface area (Å²) in [5.74, 6) is 2.19. The molecule has 0 spiro atoms. The topological polar surface area (TPSA) is 80.0 Å². The minimum atomic E-state index is -0.799. The van der Waals surface area contributed by atoms with Crippen LogP contribution < -0.4 is 19.9 Å². The molecule has 0 aliphatic carbocycles. The molecule has 1 heterocycles. The molecule has 1 aliphatic rings. The first-order chi connectivity index (χ1) is 11.6. The second-order valence-electron chi connectivity index (χ2n) is 5.43. The number of hydrogen-bond donors (Lipinski definition) is 1. The Hall–Kier alpha value is -2.89. The van der Waals surface area contributed by atoms with Gasteiger partial charge in [-0.2, -0.15) is 0 Å². The van der Waals surface area contributed by atoms with Gasteiger partial charge >= 0.3 is 6.09 Å². The smallest absolute Gasteiger partial charge is 0.404 e. The van der Waals surface area contributed by atoms with Crippen molar-refractivity contribution < 1.29 is 23.7 Å². The van der Waals surface area contributed by atoms with E-state index in [0.717, 1.165) is 28.2 Å². The van der Waals surface area contributed by atoms with Crippen molar-refractivity contribution >= 4 is 6.09 Å². The number of benzene rings is 2. The molecule has 2 aromatic carbocycles. The van der Waals surface area contributed by atoms with Crippen molar-refractivity contribution in [1.82, 2.24) is 0 Å². The fourth-order valence-corrected chi connectivity index (χ4v) is 2.84. The molecule has 0 radical (unpaired) electrons. The van der Waals surface area contributed by atoms with Crippen molar-refractivity contribution in [3.63, 3.8) is 0 Å². The van der Waals surface area contributed by atoms with Gasteiger partial charge in [-0.15, -0.1) is 0 Å². The first-order valence-corrected chi connectivity index (χ1v) is 7.55. The van der Waals surface area contributed by atoms with Crippen molar-refractivity contribution in [2.24, 2.45) is 5.73 Å². The van der Waals surface area contributed by atoms with E-state index in [0.29, 0.717) is 12.2 Å². The average molecular weight is 329 g/mol. The number of carbonyl (C=O) groups is 1.